The second kappa shape index (κ2) is 10.2. The van der Waals surface area contributed by atoms with Crippen LogP contribution in [-0.4, -0.2) is 39.1 Å². The van der Waals surface area contributed by atoms with Gasteiger partial charge in [0.25, 0.3) is 5.91 Å². The minimum absolute atomic E-state index is 0.0490. The van der Waals surface area contributed by atoms with Gasteiger partial charge in [-0.3, -0.25) is 4.79 Å². The number of rotatable bonds is 8. The number of phenols is 1. The Morgan fingerprint density at radius 2 is 1.88 bits per heavy atom. The van der Waals surface area contributed by atoms with Crippen LogP contribution in [0, 0.1) is 0 Å². The summed E-state index contributed by atoms with van der Waals surface area (Å²) in [7, 11) is 1.48. The Morgan fingerprint density at radius 3 is 2.67 bits per heavy atom. The molecule has 0 aliphatic rings. The first-order valence-corrected chi connectivity index (χ1v) is 11.4. The molecule has 1 heterocycles. The van der Waals surface area contributed by atoms with E-state index >= 15 is 0 Å². The van der Waals surface area contributed by atoms with Gasteiger partial charge in [-0.2, -0.15) is 5.10 Å². The number of aromatic hydroxyl groups is 1. The average molecular weight is 461 g/mol. The molecule has 7 nitrogen and oxygen atoms in total. The highest BCUT2D eigenvalue weighted by Gasteiger charge is 2.13. The molecule has 4 rings (SSSR count). The van der Waals surface area contributed by atoms with Crippen molar-refractivity contribution in [3.05, 3.63) is 83.9 Å². The zero-order chi connectivity index (χ0) is 23.2. The van der Waals surface area contributed by atoms with Crippen molar-refractivity contribution in [2.75, 3.05) is 12.9 Å². The van der Waals surface area contributed by atoms with Gasteiger partial charge in [0.05, 0.1) is 36.2 Å². The average Bonchev–Trinajstić information content (AvgIpc) is 3.19. The van der Waals surface area contributed by atoms with Crippen LogP contribution in [0.4, 0.5) is 0 Å². The van der Waals surface area contributed by atoms with Gasteiger partial charge in [-0.25, -0.2) is 10.4 Å². The van der Waals surface area contributed by atoms with Gasteiger partial charge in [0, 0.05) is 5.56 Å². The molecule has 1 amide bonds. The number of para-hydroxylation sites is 2. The van der Waals surface area contributed by atoms with E-state index in [1.165, 1.54) is 24.9 Å². The van der Waals surface area contributed by atoms with Gasteiger partial charge in [-0.05, 0) is 42.8 Å². The fourth-order valence-corrected chi connectivity index (χ4v) is 4.16. The molecule has 3 aromatic carbocycles. The van der Waals surface area contributed by atoms with Crippen LogP contribution in [0.25, 0.3) is 11.0 Å². The van der Waals surface area contributed by atoms with Crippen LogP contribution in [0.3, 0.4) is 0 Å². The summed E-state index contributed by atoms with van der Waals surface area (Å²) in [5.41, 5.74) is 7.02. The minimum atomic E-state index is -0.233. The lowest BCUT2D eigenvalue weighted by atomic mass is 10.1. The van der Waals surface area contributed by atoms with Crippen LogP contribution < -0.4 is 10.2 Å². The monoisotopic (exact) mass is 460 g/mol. The first-order chi connectivity index (χ1) is 16.0. The number of amides is 1. The molecule has 1 aromatic heterocycles. The van der Waals surface area contributed by atoms with Crippen molar-refractivity contribution < 1.29 is 14.6 Å². The summed E-state index contributed by atoms with van der Waals surface area (Å²) in [4.78, 5) is 17.2. The van der Waals surface area contributed by atoms with E-state index in [0.717, 1.165) is 27.3 Å². The first-order valence-electron chi connectivity index (χ1n) is 10.4. The number of nitrogens with zero attached hydrogens (tertiary/aromatic N) is 3. The fourth-order valence-electron chi connectivity index (χ4n) is 3.36. The Kier molecular flexibility index (Phi) is 6.95. The van der Waals surface area contributed by atoms with Crippen molar-refractivity contribution in [2.45, 2.75) is 18.6 Å². The SMILES string of the molecule is COc1cc(/C(C)=N\NC(=O)CSc2nc3ccccc3n2Cc2ccccc2)ccc1O. The maximum absolute atomic E-state index is 12.5. The van der Waals surface area contributed by atoms with Crippen molar-refractivity contribution in [1.82, 2.24) is 15.0 Å². The molecule has 0 fully saturated rings. The third kappa shape index (κ3) is 5.35. The number of carbonyl (C=O) groups is 1. The van der Waals surface area contributed by atoms with Gasteiger partial charge >= 0.3 is 0 Å². The Bertz CT molecular complexity index is 1300. The lowest BCUT2D eigenvalue weighted by Gasteiger charge is -2.09. The number of methoxy groups -OCH3 is 1. The summed E-state index contributed by atoms with van der Waals surface area (Å²) < 4.78 is 7.25. The van der Waals surface area contributed by atoms with Gasteiger partial charge < -0.3 is 14.4 Å². The molecule has 33 heavy (non-hydrogen) atoms. The number of hydrazone groups is 1. The number of phenolic OH excluding ortho intramolecular Hbond substituents is 1. The molecule has 4 aromatic rings. The number of carbonyl (C=O) groups excluding carboxylic acids is 1. The molecule has 2 N–H and O–H groups in total. The van der Waals surface area contributed by atoms with Crippen LogP contribution in [0.5, 0.6) is 11.5 Å². The highest BCUT2D eigenvalue weighted by molar-refractivity contribution is 7.99. The third-order valence-electron chi connectivity index (χ3n) is 5.08. The summed E-state index contributed by atoms with van der Waals surface area (Å²) in [5.74, 6) is 0.339. The topological polar surface area (TPSA) is 88.7 Å². The summed E-state index contributed by atoms with van der Waals surface area (Å²) in [6, 6.07) is 23.0. The van der Waals surface area contributed by atoms with E-state index in [1.807, 2.05) is 42.5 Å². The molecule has 0 aliphatic carbocycles. The number of ether oxygens (including phenoxy) is 1. The summed E-state index contributed by atoms with van der Waals surface area (Å²) in [5, 5.41) is 14.7. The smallest absolute Gasteiger partial charge is 0.250 e. The van der Waals surface area contributed by atoms with Gasteiger partial charge in [-0.15, -0.1) is 0 Å². The number of aromatic nitrogens is 2. The maximum Gasteiger partial charge on any atom is 0.250 e. The molecule has 0 unspecified atom stereocenters. The van der Waals surface area contributed by atoms with E-state index in [0.29, 0.717) is 18.0 Å². The van der Waals surface area contributed by atoms with Crippen LogP contribution in [0.2, 0.25) is 0 Å². The van der Waals surface area contributed by atoms with Gasteiger partial charge in [-0.1, -0.05) is 54.2 Å². The predicted molar refractivity (Wildman–Crippen MR) is 131 cm³/mol. The summed E-state index contributed by atoms with van der Waals surface area (Å²) in [6.45, 7) is 2.45. The van der Waals surface area contributed by atoms with Gasteiger partial charge in [0.1, 0.15) is 0 Å². The molecular formula is C25H24N4O3S. The molecule has 0 saturated heterocycles. The molecule has 0 spiro atoms. The summed E-state index contributed by atoms with van der Waals surface area (Å²) in [6.07, 6.45) is 0. The van der Waals surface area contributed by atoms with Crippen molar-refractivity contribution in [3.8, 4) is 11.5 Å². The third-order valence-corrected chi connectivity index (χ3v) is 6.06. The van der Waals surface area contributed by atoms with E-state index in [2.05, 4.69) is 27.2 Å². The van der Waals surface area contributed by atoms with E-state index in [9.17, 15) is 9.90 Å². The molecular weight excluding hydrogens is 436 g/mol. The van der Waals surface area contributed by atoms with E-state index in [1.54, 1.807) is 19.1 Å². The zero-order valence-electron chi connectivity index (χ0n) is 18.4. The fraction of sp³-hybridized carbons (Fsp3) is 0.160. The first kappa shape index (κ1) is 22.4. The number of hydrogen-bond donors (Lipinski definition) is 2. The number of fused-ring (bicyclic) bond motifs is 1. The van der Waals surface area contributed by atoms with Crippen molar-refractivity contribution in [2.24, 2.45) is 5.10 Å². The van der Waals surface area contributed by atoms with Crippen molar-refractivity contribution in [1.29, 1.82) is 0 Å². The van der Waals surface area contributed by atoms with E-state index < -0.39 is 0 Å². The van der Waals surface area contributed by atoms with Crippen LogP contribution in [-0.2, 0) is 11.3 Å². The maximum atomic E-state index is 12.5. The van der Waals surface area contributed by atoms with Gasteiger partial charge in [0.2, 0.25) is 0 Å². The number of hydrogen-bond acceptors (Lipinski definition) is 6. The lowest BCUT2D eigenvalue weighted by molar-refractivity contribution is -0.118. The highest BCUT2D eigenvalue weighted by Crippen LogP contribution is 2.27. The van der Waals surface area contributed by atoms with E-state index in [4.69, 9.17) is 9.72 Å². The lowest BCUT2D eigenvalue weighted by Crippen LogP contribution is -2.21. The van der Waals surface area contributed by atoms with Gasteiger partial charge in [0.15, 0.2) is 16.7 Å². The standard InChI is InChI=1S/C25H24N4O3S/c1-17(19-12-13-22(30)23(14-19)32-2)27-28-24(31)16-33-25-26-20-10-6-7-11-21(20)29(25)15-18-8-4-3-5-9-18/h3-14,30H,15-16H2,1-2H3,(H,28,31)/b27-17-. The van der Waals surface area contributed by atoms with Crippen LogP contribution >= 0.6 is 11.8 Å². The molecule has 0 bridgehead atoms. The summed E-state index contributed by atoms with van der Waals surface area (Å²) >= 11 is 1.37. The molecule has 0 aliphatic heterocycles. The van der Waals surface area contributed by atoms with Crippen LogP contribution in [0.1, 0.15) is 18.1 Å². The van der Waals surface area contributed by atoms with Crippen molar-refractivity contribution in [3.63, 3.8) is 0 Å². The Morgan fingerprint density at radius 1 is 1.12 bits per heavy atom. The van der Waals surface area contributed by atoms with Crippen molar-refractivity contribution >= 4 is 34.4 Å². The molecule has 0 atom stereocenters. The second-order valence-corrected chi connectivity index (χ2v) is 8.30. The minimum Gasteiger partial charge on any atom is -0.504 e. The quantitative estimate of drug-likeness (QED) is 0.231. The zero-order valence-corrected chi connectivity index (χ0v) is 19.2. The number of nitrogens with one attached hydrogen (secondary N) is 1. The molecule has 0 saturated carbocycles. The highest BCUT2D eigenvalue weighted by atomic mass is 32.2. The normalized spacial score (nSPS) is 11.5. The van der Waals surface area contributed by atoms with Crippen LogP contribution in [0.15, 0.2) is 83.1 Å². The Balaban J connectivity index is 1.45. The largest absolute Gasteiger partial charge is 0.504 e. The Hall–Kier alpha value is -3.78. The molecule has 0 radical (unpaired) electrons. The Labute approximate surface area is 196 Å². The van der Waals surface area contributed by atoms with E-state index in [-0.39, 0.29) is 17.4 Å². The number of imidazole rings is 1. The molecule has 168 valence electrons. The predicted octanol–water partition coefficient (Wildman–Crippen LogP) is 4.43. The second-order valence-electron chi connectivity index (χ2n) is 7.36. The molecule has 8 heteroatoms. The number of thioether (sulfide) groups is 1. The number of benzene rings is 3.